The van der Waals surface area contributed by atoms with Gasteiger partial charge in [0, 0.05) is 10.3 Å². The second-order valence-electron chi connectivity index (χ2n) is 5.44. The van der Waals surface area contributed by atoms with Gasteiger partial charge in [0.05, 0.1) is 32.5 Å². The zero-order valence-corrected chi connectivity index (χ0v) is 15.4. The van der Waals surface area contributed by atoms with Gasteiger partial charge in [0.15, 0.2) is 0 Å². The Labute approximate surface area is 157 Å². The molecule has 0 saturated heterocycles. The molecule has 3 aromatic heterocycles. The fourth-order valence-corrected chi connectivity index (χ4v) is 4.27. The van der Waals surface area contributed by atoms with Crippen molar-refractivity contribution in [2.75, 3.05) is 0 Å². The molecule has 0 aliphatic rings. The van der Waals surface area contributed by atoms with E-state index in [4.69, 9.17) is 11.6 Å². The molecule has 0 unspecified atom stereocenters. The first-order chi connectivity index (χ1) is 12.2. The quantitative estimate of drug-likeness (QED) is 0.497. The second kappa shape index (κ2) is 6.96. The van der Waals surface area contributed by atoms with E-state index >= 15 is 0 Å². The molecule has 1 N–H and O–H groups in total. The van der Waals surface area contributed by atoms with Crippen molar-refractivity contribution in [3.63, 3.8) is 0 Å². The summed E-state index contributed by atoms with van der Waals surface area (Å²) in [5, 5.41) is 5.85. The van der Waals surface area contributed by atoms with Crippen LogP contribution in [0.2, 0.25) is 4.34 Å². The van der Waals surface area contributed by atoms with Crippen LogP contribution in [0.3, 0.4) is 0 Å². The number of benzene rings is 1. The van der Waals surface area contributed by atoms with Gasteiger partial charge in [0.1, 0.15) is 0 Å². The number of hydrogen-bond acceptors (Lipinski definition) is 4. The fraction of sp³-hybridized carbons (Fsp3) is 0.0526. The molecule has 6 heteroatoms. The summed E-state index contributed by atoms with van der Waals surface area (Å²) in [6.45, 7) is 0.521. The van der Waals surface area contributed by atoms with Gasteiger partial charge in [0.2, 0.25) is 0 Å². The van der Waals surface area contributed by atoms with Crippen LogP contribution >= 0.6 is 34.3 Å². The van der Waals surface area contributed by atoms with Crippen molar-refractivity contribution in [3.8, 4) is 10.6 Å². The van der Waals surface area contributed by atoms with Gasteiger partial charge in [-0.25, -0.2) is 4.98 Å². The molecule has 0 fully saturated rings. The third-order valence-corrected chi connectivity index (χ3v) is 5.92. The van der Waals surface area contributed by atoms with Crippen molar-refractivity contribution in [2.24, 2.45) is 0 Å². The molecule has 4 rings (SSSR count). The van der Waals surface area contributed by atoms with E-state index in [1.54, 1.807) is 11.3 Å². The summed E-state index contributed by atoms with van der Waals surface area (Å²) in [7, 11) is 0. The standard InChI is InChI=1S/C19H13ClN2OS2/c20-18-8-7-17(25-18)16-10-14(13-5-1-2-6-15(13)22-16)19(23)21-11-12-4-3-9-24-12/h1-10H,11H2,(H,21,23). The predicted molar refractivity (Wildman–Crippen MR) is 106 cm³/mol. The minimum atomic E-state index is -0.101. The van der Waals surface area contributed by atoms with Gasteiger partial charge in [-0.1, -0.05) is 35.9 Å². The first-order valence-corrected chi connectivity index (χ1v) is 9.74. The molecular formula is C19H13ClN2OS2. The van der Waals surface area contributed by atoms with Crippen molar-refractivity contribution >= 4 is 51.1 Å². The van der Waals surface area contributed by atoms with E-state index in [-0.39, 0.29) is 5.91 Å². The molecule has 1 aromatic carbocycles. The lowest BCUT2D eigenvalue weighted by atomic mass is 10.1. The number of nitrogens with one attached hydrogen (secondary N) is 1. The number of amides is 1. The van der Waals surface area contributed by atoms with Crippen LogP contribution < -0.4 is 5.32 Å². The topological polar surface area (TPSA) is 42.0 Å². The van der Waals surface area contributed by atoms with Crippen LogP contribution in [-0.4, -0.2) is 10.9 Å². The summed E-state index contributed by atoms with van der Waals surface area (Å²) in [6, 6.07) is 17.3. The van der Waals surface area contributed by atoms with Gasteiger partial charge in [-0.2, -0.15) is 0 Å². The van der Waals surface area contributed by atoms with E-state index in [0.717, 1.165) is 26.4 Å². The molecule has 0 radical (unpaired) electrons. The highest BCUT2D eigenvalue weighted by Crippen LogP contribution is 2.32. The highest BCUT2D eigenvalue weighted by Gasteiger charge is 2.14. The number of carbonyl (C=O) groups excluding carboxylic acids is 1. The van der Waals surface area contributed by atoms with Crippen molar-refractivity contribution in [1.82, 2.24) is 10.3 Å². The molecule has 0 atom stereocenters. The predicted octanol–water partition coefficient (Wildman–Crippen LogP) is 5.61. The van der Waals surface area contributed by atoms with E-state index in [2.05, 4.69) is 10.3 Å². The summed E-state index contributed by atoms with van der Waals surface area (Å²) in [5.41, 5.74) is 2.18. The molecular weight excluding hydrogens is 372 g/mol. The SMILES string of the molecule is O=C(NCc1cccs1)c1cc(-c2ccc(Cl)s2)nc2ccccc12. The highest BCUT2D eigenvalue weighted by atomic mass is 35.5. The van der Waals surface area contributed by atoms with Crippen molar-refractivity contribution < 1.29 is 4.79 Å². The zero-order chi connectivity index (χ0) is 17.2. The molecule has 0 aliphatic carbocycles. The Morgan fingerprint density at radius 1 is 1.12 bits per heavy atom. The van der Waals surface area contributed by atoms with Crippen molar-refractivity contribution in [3.05, 3.63) is 74.8 Å². The number of nitrogens with zero attached hydrogens (tertiary/aromatic N) is 1. The van der Waals surface area contributed by atoms with Crippen LogP contribution in [0.15, 0.2) is 60.0 Å². The maximum Gasteiger partial charge on any atom is 0.252 e. The minimum absolute atomic E-state index is 0.101. The lowest BCUT2D eigenvalue weighted by Crippen LogP contribution is -2.22. The van der Waals surface area contributed by atoms with E-state index in [1.807, 2.05) is 60.0 Å². The summed E-state index contributed by atoms with van der Waals surface area (Å²) in [5.74, 6) is -0.101. The van der Waals surface area contributed by atoms with Crippen LogP contribution in [0.25, 0.3) is 21.5 Å². The molecule has 25 heavy (non-hydrogen) atoms. The van der Waals surface area contributed by atoms with Gasteiger partial charge >= 0.3 is 0 Å². The molecule has 4 aromatic rings. The maximum absolute atomic E-state index is 12.8. The van der Waals surface area contributed by atoms with Gasteiger partial charge in [-0.3, -0.25) is 4.79 Å². The normalized spacial score (nSPS) is 10.9. The zero-order valence-electron chi connectivity index (χ0n) is 13.0. The Balaban J connectivity index is 1.74. The van der Waals surface area contributed by atoms with E-state index < -0.39 is 0 Å². The van der Waals surface area contributed by atoms with E-state index in [0.29, 0.717) is 16.4 Å². The lowest BCUT2D eigenvalue weighted by molar-refractivity contribution is 0.0953. The molecule has 3 heterocycles. The number of fused-ring (bicyclic) bond motifs is 1. The minimum Gasteiger partial charge on any atom is -0.347 e. The average Bonchev–Trinajstić information content (AvgIpc) is 3.30. The smallest absolute Gasteiger partial charge is 0.252 e. The summed E-state index contributed by atoms with van der Waals surface area (Å²) >= 11 is 9.13. The van der Waals surface area contributed by atoms with Crippen molar-refractivity contribution in [2.45, 2.75) is 6.54 Å². The van der Waals surface area contributed by atoms with Crippen LogP contribution in [0, 0.1) is 0 Å². The molecule has 0 aliphatic heterocycles. The molecule has 0 saturated carbocycles. The Hall–Kier alpha value is -2.21. The number of thiophene rings is 2. The molecule has 124 valence electrons. The van der Waals surface area contributed by atoms with E-state index in [1.165, 1.54) is 11.3 Å². The number of pyridine rings is 1. The van der Waals surface area contributed by atoms with E-state index in [9.17, 15) is 4.79 Å². The molecule has 0 bridgehead atoms. The molecule has 0 spiro atoms. The first-order valence-electron chi connectivity index (χ1n) is 7.67. The van der Waals surface area contributed by atoms with Gasteiger partial charge < -0.3 is 5.32 Å². The van der Waals surface area contributed by atoms with Crippen LogP contribution in [0.5, 0.6) is 0 Å². The Bertz CT molecular complexity index is 1040. The lowest BCUT2D eigenvalue weighted by Gasteiger charge is -2.09. The third kappa shape index (κ3) is 3.44. The third-order valence-electron chi connectivity index (χ3n) is 3.79. The molecule has 3 nitrogen and oxygen atoms in total. The monoisotopic (exact) mass is 384 g/mol. The number of para-hydroxylation sites is 1. The van der Waals surface area contributed by atoms with Gasteiger partial charge in [0.25, 0.3) is 5.91 Å². The number of rotatable bonds is 4. The Morgan fingerprint density at radius 2 is 2.00 bits per heavy atom. The Kier molecular flexibility index (Phi) is 4.53. The largest absolute Gasteiger partial charge is 0.347 e. The van der Waals surface area contributed by atoms with Crippen LogP contribution in [0.4, 0.5) is 0 Å². The van der Waals surface area contributed by atoms with Gasteiger partial charge in [-0.05, 0) is 35.7 Å². The fourth-order valence-electron chi connectivity index (χ4n) is 2.62. The van der Waals surface area contributed by atoms with Crippen molar-refractivity contribution in [1.29, 1.82) is 0 Å². The first kappa shape index (κ1) is 16.3. The van der Waals surface area contributed by atoms with Gasteiger partial charge in [-0.15, -0.1) is 22.7 Å². The summed E-state index contributed by atoms with van der Waals surface area (Å²) in [4.78, 5) is 19.5. The van der Waals surface area contributed by atoms with Crippen LogP contribution in [0.1, 0.15) is 15.2 Å². The summed E-state index contributed by atoms with van der Waals surface area (Å²) in [6.07, 6.45) is 0. The second-order valence-corrected chi connectivity index (χ2v) is 8.19. The Morgan fingerprint density at radius 3 is 2.76 bits per heavy atom. The summed E-state index contributed by atoms with van der Waals surface area (Å²) < 4.78 is 0.702. The van der Waals surface area contributed by atoms with Crippen LogP contribution in [-0.2, 0) is 6.54 Å². The number of carbonyl (C=O) groups is 1. The number of hydrogen-bond donors (Lipinski definition) is 1. The number of aromatic nitrogens is 1. The molecule has 1 amide bonds. The maximum atomic E-state index is 12.8. The average molecular weight is 385 g/mol. The number of halogens is 1. The highest BCUT2D eigenvalue weighted by molar-refractivity contribution is 7.19.